The number of hydrogen-bond acceptors (Lipinski definition) is 0. The lowest BCUT2D eigenvalue weighted by Gasteiger charge is -2.34. The van der Waals surface area contributed by atoms with Crippen LogP contribution in [-0.2, 0) is 21.7 Å². The molecule has 0 aromatic heterocycles. The Bertz CT molecular complexity index is 3860. The Labute approximate surface area is 655 Å². The molecule has 8 aromatic rings. The van der Waals surface area contributed by atoms with Crippen molar-refractivity contribution in [2.45, 2.75) is 322 Å². The molecule has 0 bridgehead atoms. The van der Waals surface area contributed by atoms with Gasteiger partial charge in [0.25, 0.3) is 0 Å². The minimum atomic E-state index is 0.111. The van der Waals surface area contributed by atoms with E-state index < -0.39 is 0 Å². The molecule has 12 rings (SSSR count). The summed E-state index contributed by atoms with van der Waals surface area (Å²) in [5.41, 5.74) is 30.4. The third kappa shape index (κ3) is 17.8. The van der Waals surface area contributed by atoms with Crippen molar-refractivity contribution in [2.24, 2.45) is 0 Å². The van der Waals surface area contributed by atoms with E-state index in [0.29, 0.717) is 0 Å². The second-order valence-electron chi connectivity index (χ2n) is 31.8. The summed E-state index contributed by atoms with van der Waals surface area (Å²) in [6.45, 7) is 23.2. The fourth-order valence-electron chi connectivity index (χ4n) is 19.6. The Hall–Kier alpha value is -4.32. The molecule has 4 heteroatoms. The molecule has 0 saturated carbocycles. The topological polar surface area (TPSA) is 0 Å². The number of fused-ring (bicyclic) bond motifs is 12. The highest BCUT2D eigenvalue weighted by Crippen LogP contribution is 2.60. The Balaban J connectivity index is 0.000000182. The summed E-state index contributed by atoms with van der Waals surface area (Å²) in [6, 6.07) is 57.3. The maximum absolute atomic E-state index is 3.79. The van der Waals surface area contributed by atoms with Crippen molar-refractivity contribution in [1.29, 1.82) is 0 Å². The first-order valence-corrected chi connectivity index (χ1v) is 44.6. The maximum Gasteiger partial charge on any atom is 0.0216 e. The number of halogens is 4. The van der Waals surface area contributed by atoms with Gasteiger partial charge in [0.05, 0.1) is 0 Å². The number of aryl methyl sites for hydroxylation is 2. The molecule has 0 aliphatic heterocycles. The molecule has 0 radical (unpaired) electrons. The zero-order valence-corrected chi connectivity index (χ0v) is 71.2. The van der Waals surface area contributed by atoms with Gasteiger partial charge in [-0.05, 0) is 226 Å². The molecule has 0 fully saturated rings. The third-order valence-corrected chi connectivity index (χ3v) is 26.4. The largest absolute Gasteiger partial charge is 0.0654 e. The van der Waals surface area contributed by atoms with Crippen molar-refractivity contribution in [1.82, 2.24) is 0 Å². The van der Waals surface area contributed by atoms with Crippen LogP contribution in [0.3, 0.4) is 0 Å². The van der Waals surface area contributed by atoms with Crippen LogP contribution in [0.25, 0.3) is 55.6 Å². The van der Waals surface area contributed by atoms with Crippen molar-refractivity contribution >= 4 is 63.7 Å². The van der Waals surface area contributed by atoms with Crippen molar-refractivity contribution in [2.75, 3.05) is 0 Å². The van der Waals surface area contributed by atoms with Crippen LogP contribution < -0.4 is 0 Å². The monoisotopic (exact) mass is 1620 g/mol. The van der Waals surface area contributed by atoms with Gasteiger partial charge in [-0.25, -0.2) is 0 Å². The average Bonchev–Trinajstić information content (AvgIpc) is 1.57. The third-order valence-electron chi connectivity index (χ3n) is 24.5. The fourth-order valence-corrected chi connectivity index (χ4v) is 21.1. The van der Waals surface area contributed by atoms with E-state index >= 15 is 0 Å². The van der Waals surface area contributed by atoms with Crippen LogP contribution in [0.4, 0.5) is 0 Å². The average molecular weight is 1620 g/mol. The van der Waals surface area contributed by atoms with Gasteiger partial charge in [0, 0.05) is 39.6 Å². The predicted molar refractivity (Wildman–Crippen MR) is 462 cm³/mol. The number of benzene rings is 8. The lowest BCUT2D eigenvalue weighted by Crippen LogP contribution is -2.26. The lowest BCUT2D eigenvalue weighted by atomic mass is 9.69. The first kappa shape index (κ1) is 80.2. The summed E-state index contributed by atoms with van der Waals surface area (Å²) in [5.74, 6) is 0. The van der Waals surface area contributed by atoms with Gasteiger partial charge in [0.2, 0.25) is 0 Å². The van der Waals surface area contributed by atoms with Gasteiger partial charge in [-0.1, -0.05) is 395 Å². The van der Waals surface area contributed by atoms with E-state index in [9.17, 15) is 0 Å². The minimum absolute atomic E-state index is 0.111. The molecule has 0 atom stereocenters. The van der Waals surface area contributed by atoms with Gasteiger partial charge in [-0.2, -0.15) is 0 Å². The normalized spacial score (nSPS) is 14.5. The van der Waals surface area contributed by atoms with E-state index in [4.69, 9.17) is 0 Å². The second kappa shape index (κ2) is 38.5. The molecule has 0 heterocycles. The lowest BCUT2D eigenvalue weighted by molar-refractivity contribution is 0.397. The van der Waals surface area contributed by atoms with Crippen LogP contribution >= 0.6 is 63.7 Å². The molecule has 4 aliphatic rings. The summed E-state index contributed by atoms with van der Waals surface area (Å²) in [5, 5.41) is 0. The SMILES string of the molecule is CCCC1(CCC)c2cc(Br)ccc2-c2ccc(Br)cc21.CCCCCCCCC1(CCCCCCCC)c2cc(Br)ccc2-c2ccc(Br)cc21.CCCCCCCCC1(CCCCCCCC)c2cc(C)ccc2-c2ccc(-c3ccc4c(c3)C(CCC)(CCC)c3cc(C)ccc3-4)cc21. The molecule has 0 nitrogen and oxygen atoms in total. The van der Waals surface area contributed by atoms with Gasteiger partial charge in [-0.3, -0.25) is 0 Å². The first-order valence-electron chi connectivity index (χ1n) is 41.4. The van der Waals surface area contributed by atoms with Gasteiger partial charge in [0.15, 0.2) is 0 Å². The van der Waals surface area contributed by atoms with E-state index in [-0.39, 0.29) is 21.7 Å². The van der Waals surface area contributed by atoms with Crippen LogP contribution in [0.5, 0.6) is 0 Å². The molecule has 8 aromatic carbocycles. The van der Waals surface area contributed by atoms with Crippen LogP contribution in [0, 0.1) is 13.8 Å². The van der Waals surface area contributed by atoms with Crippen molar-refractivity contribution in [3.05, 3.63) is 219 Å². The molecule has 546 valence electrons. The van der Waals surface area contributed by atoms with E-state index in [1.54, 1.807) is 33.4 Å². The van der Waals surface area contributed by atoms with Crippen molar-refractivity contribution < 1.29 is 0 Å². The number of rotatable bonds is 37. The van der Waals surface area contributed by atoms with Gasteiger partial charge in [0.1, 0.15) is 0 Å². The molecular formula is C98H126Br4. The molecule has 4 aliphatic carbocycles. The zero-order valence-electron chi connectivity index (χ0n) is 64.8. The maximum atomic E-state index is 3.79. The molecule has 102 heavy (non-hydrogen) atoms. The van der Waals surface area contributed by atoms with E-state index in [1.165, 1.54) is 327 Å². The fraction of sp³-hybridized carbons (Fsp3) is 0.510. The van der Waals surface area contributed by atoms with Crippen LogP contribution in [0.15, 0.2) is 163 Å². The zero-order chi connectivity index (χ0) is 72.3. The van der Waals surface area contributed by atoms with Crippen LogP contribution in [0.2, 0.25) is 0 Å². The van der Waals surface area contributed by atoms with Crippen molar-refractivity contribution in [3.8, 4) is 55.6 Å². The van der Waals surface area contributed by atoms with Gasteiger partial charge in [-0.15, -0.1) is 0 Å². The minimum Gasteiger partial charge on any atom is -0.0654 e. The summed E-state index contributed by atoms with van der Waals surface area (Å²) < 4.78 is 4.80. The van der Waals surface area contributed by atoms with Crippen molar-refractivity contribution in [3.63, 3.8) is 0 Å². The smallest absolute Gasteiger partial charge is 0.0216 e. The Morgan fingerprint density at radius 2 is 0.392 bits per heavy atom. The molecule has 0 unspecified atom stereocenters. The quantitative estimate of drug-likeness (QED) is 0.0341. The Morgan fingerprint density at radius 3 is 0.637 bits per heavy atom. The molecule has 0 amide bonds. The summed E-state index contributed by atoms with van der Waals surface area (Å²) in [4.78, 5) is 0. The molecule has 0 spiro atoms. The predicted octanol–water partition coefficient (Wildman–Crippen LogP) is 33.7. The second-order valence-corrected chi connectivity index (χ2v) is 35.4. The highest BCUT2D eigenvalue weighted by atomic mass is 79.9. The van der Waals surface area contributed by atoms with Crippen LogP contribution in [-0.4, -0.2) is 0 Å². The Kier molecular flexibility index (Phi) is 30.3. The molecular weight excluding hydrogens is 1500 g/mol. The van der Waals surface area contributed by atoms with Gasteiger partial charge < -0.3 is 0 Å². The molecule has 0 N–H and O–H groups in total. The number of unbranched alkanes of at least 4 members (excludes halogenated alkanes) is 20. The number of hydrogen-bond donors (Lipinski definition) is 0. The standard InChI is InChI=1S/C50H66.C29H40Br2.C19H20Br2/c1-7-11-13-15-17-19-31-50(32-20-18-16-14-12-8-2)46-34-38(6)22-26-42(46)44-28-24-40(36-48(44)50)39-23-27-43-41-25-21-37(5)33-45(41)49(29-9-3,30-10-4)47(43)35-39;1-3-5-7-9-11-13-19-29(20-14-12-10-8-6-4-2)27-21-23(30)15-17-25(27)26-18-16-24(31)22-28(26)29;1-3-9-19(10-4-2)17-11-13(20)5-7-15(17)16-8-6-14(21)12-18(16)19/h21-28,33-36H,7-20,29-32H2,1-6H3;15-18,21-22H,3-14,19-20H2,1-2H3;5-8,11-12H,3-4,9-10H2,1-2H3. The van der Waals surface area contributed by atoms with E-state index in [1.807, 2.05) is 0 Å². The summed E-state index contributed by atoms with van der Waals surface area (Å²) in [6.07, 6.45) is 47.4. The Morgan fingerprint density at radius 1 is 0.196 bits per heavy atom. The van der Waals surface area contributed by atoms with Crippen LogP contribution in [0.1, 0.15) is 342 Å². The molecule has 0 saturated heterocycles. The van der Waals surface area contributed by atoms with E-state index in [2.05, 4.69) is 279 Å². The first-order chi connectivity index (χ1) is 49.7. The van der Waals surface area contributed by atoms with E-state index in [0.717, 1.165) is 0 Å². The highest BCUT2D eigenvalue weighted by Gasteiger charge is 2.46. The highest BCUT2D eigenvalue weighted by molar-refractivity contribution is 9.11. The van der Waals surface area contributed by atoms with Gasteiger partial charge >= 0.3 is 0 Å². The summed E-state index contributed by atoms with van der Waals surface area (Å²) in [7, 11) is 0. The summed E-state index contributed by atoms with van der Waals surface area (Å²) >= 11 is 14.9.